The van der Waals surface area contributed by atoms with Crippen molar-refractivity contribution in [2.24, 2.45) is 0 Å². The lowest BCUT2D eigenvalue weighted by Gasteiger charge is -1.95. The van der Waals surface area contributed by atoms with E-state index >= 15 is 0 Å². The first-order valence-corrected chi connectivity index (χ1v) is 3.22. The molecule has 0 heterocycles. The average Bonchev–Trinajstić information content (AvgIpc) is 2.05. The Bertz CT molecular complexity index is 268. The summed E-state index contributed by atoms with van der Waals surface area (Å²) in [5.74, 6) is 0. The van der Waals surface area contributed by atoms with Gasteiger partial charge in [-0.25, -0.2) is 0 Å². The van der Waals surface area contributed by atoms with Crippen LogP contribution < -0.4 is 0 Å². The van der Waals surface area contributed by atoms with Gasteiger partial charge in [0.1, 0.15) is 0 Å². The van der Waals surface area contributed by atoms with Crippen LogP contribution in [-0.2, 0) is 9.59 Å². The molecule has 3 heteroatoms. The molecular formula is C8H3ClO2. The summed E-state index contributed by atoms with van der Waals surface area (Å²) in [7, 11) is 0. The summed E-state index contributed by atoms with van der Waals surface area (Å²) in [6.45, 7) is 0. The van der Waals surface area contributed by atoms with Crippen molar-refractivity contribution < 1.29 is 9.59 Å². The van der Waals surface area contributed by atoms with Crippen LogP contribution in [0.3, 0.4) is 0 Å². The molecule has 54 valence electrons. The highest BCUT2D eigenvalue weighted by molar-refractivity contribution is 6.35. The fraction of sp³-hybridized carbons (Fsp3) is 0. The molecule has 0 aliphatic carbocycles. The first kappa shape index (κ1) is 7.95. The molecule has 0 bridgehead atoms. The lowest BCUT2D eigenvalue weighted by atomic mass is 10.1. The predicted molar refractivity (Wildman–Crippen MR) is 41.0 cm³/mol. The minimum Gasteiger partial charge on any atom is -0.285 e. The third-order valence-corrected chi connectivity index (χ3v) is 1.63. The van der Waals surface area contributed by atoms with Crippen molar-refractivity contribution in [3.8, 4) is 0 Å². The van der Waals surface area contributed by atoms with Crippen LogP contribution in [0.15, 0.2) is 18.2 Å². The van der Waals surface area contributed by atoms with Crippen LogP contribution in [0.2, 0.25) is 5.02 Å². The SMILES string of the molecule is O=[C]c1cccc([C]=O)c1Cl. The molecular weight excluding hydrogens is 164 g/mol. The van der Waals surface area contributed by atoms with Crippen molar-refractivity contribution in [1.82, 2.24) is 0 Å². The molecule has 1 aromatic carbocycles. The van der Waals surface area contributed by atoms with Crippen LogP contribution in [0.25, 0.3) is 0 Å². The molecule has 0 atom stereocenters. The molecule has 2 nitrogen and oxygen atoms in total. The Labute approximate surface area is 68.8 Å². The van der Waals surface area contributed by atoms with Gasteiger partial charge in [0.15, 0.2) is 0 Å². The normalized spacial score (nSPS) is 9.18. The molecule has 0 aromatic heterocycles. The van der Waals surface area contributed by atoms with E-state index in [0.29, 0.717) is 0 Å². The largest absolute Gasteiger partial charge is 0.285 e. The van der Waals surface area contributed by atoms with Crippen LogP contribution in [0.1, 0.15) is 11.1 Å². The first-order valence-electron chi connectivity index (χ1n) is 2.84. The molecule has 0 spiro atoms. The predicted octanol–water partition coefficient (Wildman–Crippen LogP) is 1.26. The van der Waals surface area contributed by atoms with E-state index in [0.717, 1.165) is 0 Å². The molecule has 0 unspecified atom stereocenters. The van der Waals surface area contributed by atoms with Gasteiger partial charge in [-0.1, -0.05) is 17.7 Å². The maximum Gasteiger partial charge on any atom is 0.235 e. The lowest BCUT2D eigenvalue weighted by Crippen LogP contribution is -1.88. The van der Waals surface area contributed by atoms with E-state index in [9.17, 15) is 9.59 Å². The van der Waals surface area contributed by atoms with E-state index in [-0.39, 0.29) is 16.1 Å². The third-order valence-electron chi connectivity index (χ3n) is 1.22. The van der Waals surface area contributed by atoms with Gasteiger partial charge in [-0.3, -0.25) is 9.59 Å². The van der Waals surface area contributed by atoms with Gasteiger partial charge in [0.05, 0.1) is 5.02 Å². The number of hydrogen-bond donors (Lipinski definition) is 0. The zero-order chi connectivity index (χ0) is 8.27. The standard InChI is InChI=1S/C8H3ClO2/c9-8-6(4-10)2-1-3-7(8)5-11/h1-3H. The van der Waals surface area contributed by atoms with Crippen molar-refractivity contribution in [2.75, 3.05) is 0 Å². The Morgan fingerprint density at radius 2 is 1.55 bits per heavy atom. The Kier molecular flexibility index (Phi) is 2.39. The van der Waals surface area contributed by atoms with Gasteiger partial charge in [0.2, 0.25) is 12.6 Å². The lowest BCUT2D eigenvalue weighted by molar-refractivity contribution is 0.562. The maximum atomic E-state index is 10.2. The van der Waals surface area contributed by atoms with Gasteiger partial charge in [-0.15, -0.1) is 0 Å². The summed E-state index contributed by atoms with van der Waals surface area (Å²) >= 11 is 5.58. The summed E-state index contributed by atoms with van der Waals surface area (Å²) in [4.78, 5) is 20.3. The second-order valence-corrected chi connectivity index (χ2v) is 2.25. The molecule has 0 saturated carbocycles. The Hall–Kier alpha value is -1.15. The molecule has 11 heavy (non-hydrogen) atoms. The quantitative estimate of drug-likeness (QED) is 0.663. The van der Waals surface area contributed by atoms with E-state index in [4.69, 9.17) is 11.6 Å². The highest BCUT2D eigenvalue weighted by Crippen LogP contribution is 2.17. The summed E-state index contributed by atoms with van der Waals surface area (Å²) in [6.07, 6.45) is 3.22. The molecule has 2 radical (unpaired) electrons. The molecule has 0 aliphatic heterocycles. The second-order valence-electron chi connectivity index (χ2n) is 1.87. The number of halogens is 1. The Balaban J connectivity index is 3.30. The zero-order valence-electron chi connectivity index (χ0n) is 5.43. The molecule has 1 rings (SSSR count). The number of hydrogen-bond acceptors (Lipinski definition) is 2. The van der Waals surface area contributed by atoms with E-state index in [1.54, 1.807) is 18.6 Å². The second kappa shape index (κ2) is 3.30. The van der Waals surface area contributed by atoms with Gasteiger partial charge < -0.3 is 0 Å². The number of rotatable bonds is 2. The van der Waals surface area contributed by atoms with Crippen LogP contribution in [0.4, 0.5) is 0 Å². The van der Waals surface area contributed by atoms with Crippen molar-refractivity contribution >= 4 is 24.2 Å². The van der Waals surface area contributed by atoms with Crippen molar-refractivity contribution in [3.63, 3.8) is 0 Å². The molecule has 0 saturated heterocycles. The molecule has 1 aromatic rings. The van der Waals surface area contributed by atoms with Crippen LogP contribution in [-0.4, -0.2) is 12.6 Å². The van der Waals surface area contributed by atoms with E-state index in [1.807, 2.05) is 0 Å². The molecule has 0 fully saturated rings. The van der Waals surface area contributed by atoms with Gasteiger partial charge in [-0.05, 0) is 12.1 Å². The van der Waals surface area contributed by atoms with Gasteiger partial charge in [-0.2, -0.15) is 0 Å². The summed E-state index contributed by atoms with van der Waals surface area (Å²) in [5, 5.41) is 0.109. The molecule has 0 amide bonds. The van der Waals surface area contributed by atoms with E-state index < -0.39 is 0 Å². The first-order chi connectivity index (χ1) is 5.29. The van der Waals surface area contributed by atoms with Crippen LogP contribution in [0.5, 0.6) is 0 Å². The fourth-order valence-corrected chi connectivity index (χ4v) is 0.893. The van der Waals surface area contributed by atoms with Gasteiger partial charge >= 0.3 is 0 Å². The Morgan fingerprint density at radius 1 is 1.09 bits per heavy atom. The van der Waals surface area contributed by atoms with E-state index in [2.05, 4.69) is 0 Å². The van der Waals surface area contributed by atoms with Gasteiger partial charge in [0, 0.05) is 11.1 Å². The summed E-state index contributed by atoms with van der Waals surface area (Å²) in [5.41, 5.74) is 0.375. The zero-order valence-corrected chi connectivity index (χ0v) is 6.18. The molecule has 0 N–H and O–H groups in total. The minimum atomic E-state index is 0.109. The topological polar surface area (TPSA) is 34.1 Å². The Morgan fingerprint density at radius 3 is 1.91 bits per heavy atom. The minimum absolute atomic E-state index is 0.109. The highest BCUT2D eigenvalue weighted by Gasteiger charge is 2.04. The van der Waals surface area contributed by atoms with Crippen molar-refractivity contribution in [1.29, 1.82) is 0 Å². The van der Waals surface area contributed by atoms with Crippen molar-refractivity contribution in [3.05, 3.63) is 34.3 Å². The van der Waals surface area contributed by atoms with Crippen LogP contribution >= 0.6 is 11.6 Å². The summed E-state index contributed by atoms with van der Waals surface area (Å²) < 4.78 is 0. The number of benzene rings is 1. The van der Waals surface area contributed by atoms with E-state index in [1.165, 1.54) is 12.1 Å². The monoisotopic (exact) mass is 166 g/mol. The highest BCUT2D eigenvalue weighted by atomic mass is 35.5. The van der Waals surface area contributed by atoms with Gasteiger partial charge in [0.25, 0.3) is 0 Å². The summed E-state index contributed by atoms with van der Waals surface area (Å²) in [6, 6.07) is 4.51. The average molecular weight is 167 g/mol. The van der Waals surface area contributed by atoms with Crippen molar-refractivity contribution in [2.45, 2.75) is 0 Å². The maximum absolute atomic E-state index is 10.2. The fourth-order valence-electron chi connectivity index (χ4n) is 0.690. The van der Waals surface area contributed by atoms with Crippen LogP contribution in [0, 0.1) is 0 Å². The smallest absolute Gasteiger partial charge is 0.235 e. The third kappa shape index (κ3) is 1.46. The number of carbonyl (C=O) groups excluding carboxylic acids is 2. The molecule has 0 aliphatic rings.